The summed E-state index contributed by atoms with van der Waals surface area (Å²) in [5.41, 5.74) is 8.65. The van der Waals surface area contributed by atoms with Crippen molar-refractivity contribution in [2.75, 3.05) is 6.54 Å². The third kappa shape index (κ3) is 2.61. The number of amidine groups is 1. The van der Waals surface area contributed by atoms with Gasteiger partial charge in [0, 0.05) is 6.42 Å². The Balaban J connectivity index is 2.04. The summed E-state index contributed by atoms with van der Waals surface area (Å²) < 4.78 is 19.6. The standard InChI is InChI=1S/C10H19N3O2S/c1-8-3-2-4-10(5-8,7-11)6-9-12-15-16(14)13-9/h8H,2-7,11H2,1H3,(H,12,13). The van der Waals surface area contributed by atoms with Gasteiger partial charge in [-0.15, -0.1) is 4.40 Å². The summed E-state index contributed by atoms with van der Waals surface area (Å²) in [5.74, 6) is 1.39. The highest BCUT2D eigenvalue weighted by Crippen LogP contribution is 2.41. The molecule has 92 valence electrons. The van der Waals surface area contributed by atoms with Crippen LogP contribution in [0.3, 0.4) is 0 Å². The Morgan fingerprint density at radius 1 is 1.75 bits per heavy atom. The fourth-order valence-electron chi connectivity index (χ4n) is 2.82. The molecule has 0 aromatic carbocycles. The molecule has 0 amide bonds. The van der Waals surface area contributed by atoms with E-state index in [9.17, 15) is 4.21 Å². The summed E-state index contributed by atoms with van der Waals surface area (Å²) >= 11 is -1.55. The molecule has 1 fully saturated rings. The second-order valence-electron chi connectivity index (χ2n) is 5.02. The number of hydroxylamine groups is 1. The second-order valence-corrected chi connectivity index (χ2v) is 5.81. The van der Waals surface area contributed by atoms with Crippen molar-refractivity contribution in [3.63, 3.8) is 0 Å². The van der Waals surface area contributed by atoms with Gasteiger partial charge < -0.3 is 5.73 Å². The number of hydrogen-bond acceptors (Lipinski definition) is 4. The fourth-order valence-corrected chi connectivity index (χ4v) is 3.31. The van der Waals surface area contributed by atoms with Gasteiger partial charge in [0.05, 0.1) is 0 Å². The number of hydrogen-bond donors (Lipinski definition) is 2. The minimum absolute atomic E-state index is 0.113. The molecule has 2 rings (SSSR count). The van der Waals surface area contributed by atoms with E-state index < -0.39 is 11.3 Å². The topological polar surface area (TPSA) is 76.7 Å². The first kappa shape index (κ1) is 12.0. The average Bonchev–Trinajstić information content (AvgIpc) is 2.64. The van der Waals surface area contributed by atoms with Gasteiger partial charge in [0.1, 0.15) is 5.84 Å². The van der Waals surface area contributed by atoms with Crippen LogP contribution in [0.4, 0.5) is 0 Å². The summed E-state index contributed by atoms with van der Waals surface area (Å²) in [4.78, 5) is 0. The molecular weight excluding hydrogens is 226 g/mol. The van der Waals surface area contributed by atoms with Crippen LogP contribution in [0.25, 0.3) is 0 Å². The van der Waals surface area contributed by atoms with E-state index in [0.29, 0.717) is 18.3 Å². The molecule has 1 heterocycles. The number of nitrogens with two attached hydrogens (primary N) is 1. The molecule has 1 saturated carbocycles. The molecule has 3 N–H and O–H groups in total. The second kappa shape index (κ2) is 4.81. The zero-order valence-electron chi connectivity index (χ0n) is 9.57. The van der Waals surface area contributed by atoms with Crippen molar-refractivity contribution in [2.24, 2.45) is 21.5 Å². The zero-order valence-corrected chi connectivity index (χ0v) is 10.4. The lowest BCUT2D eigenvalue weighted by Crippen LogP contribution is -2.39. The summed E-state index contributed by atoms with van der Waals surface area (Å²) in [5, 5.41) is 0. The van der Waals surface area contributed by atoms with Crippen molar-refractivity contribution in [1.29, 1.82) is 0 Å². The van der Waals surface area contributed by atoms with E-state index in [0.717, 1.165) is 19.3 Å². The van der Waals surface area contributed by atoms with Crippen LogP contribution in [0.2, 0.25) is 0 Å². The van der Waals surface area contributed by atoms with Crippen molar-refractivity contribution in [3.8, 4) is 0 Å². The van der Waals surface area contributed by atoms with Gasteiger partial charge in [0.15, 0.2) is 0 Å². The van der Waals surface area contributed by atoms with E-state index in [1.54, 1.807) is 0 Å². The minimum Gasteiger partial charge on any atom is -0.330 e. The third-order valence-electron chi connectivity index (χ3n) is 3.58. The van der Waals surface area contributed by atoms with E-state index in [4.69, 9.17) is 10.0 Å². The van der Waals surface area contributed by atoms with E-state index in [2.05, 4.69) is 16.8 Å². The molecule has 16 heavy (non-hydrogen) atoms. The molecule has 0 aromatic rings. The first-order chi connectivity index (χ1) is 7.63. The van der Waals surface area contributed by atoms with Crippen molar-refractivity contribution in [3.05, 3.63) is 0 Å². The van der Waals surface area contributed by atoms with Crippen LogP contribution in [0, 0.1) is 11.3 Å². The Morgan fingerprint density at radius 3 is 3.12 bits per heavy atom. The molecule has 1 aliphatic carbocycles. The quantitative estimate of drug-likeness (QED) is 0.779. The van der Waals surface area contributed by atoms with E-state index >= 15 is 0 Å². The first-order valence-electron chi connectivity index (χ1n) is 5.76. The monoisotopic (exact) mass is 245 g/mol. The van der Waals surface area contributed by atoms with Gasteiger partial charge >= 0.3 is 11.3 Å². The zero-order chi connectivity index (χ0) is 11.6. The van der Waals surface area contributed by atoms with E-state index in [1.165, 1.54) is 12.8 Å². The third-order valence-corrected chi connectivity index (χ3v) is 4.17. The van der Waals surface area contributed by atoms with Crippen molar-refractivity contribution < 1.29 is 8.49 Å². The summed E-state index contributed by atoms with van der Waals surface area (Å²) in [6.07, 6.45) is 5.50. The molecule has 5 nitrogen and oxygen atoms in total. The molecule has 0 radical (unpaired) electrons. The summed E-state index contributed by atoms with van der Waals surface area (Å²) in [6, 6.07) is 0. The van der Waals surface area contributed by atoms with Crippen molar-refractivity contribution in [2.45, 2.75) is 39.0 Å². The van der Waals surface area contributed by atoms with Crippen LogP contribution in [0.15, 0.2) is 4.40 Å². The van der Waals surface area contributed by atoms with Crippen LogP contribution < -0.4 is 11.2 Å². The maximum absolute atomic E-state index is 11.0. The Kier molecular flexibility index (Phi) is 3.61. The van der Waals surface area contributed by atoms with Crippen LogP contribution in [0.1, 0.15) is 39.0 Å². The Hall–Kier alpha value is -0.460. The maximum Gasteiger partial charge on any atom is 0.309 e. The van der Waals surface area contributed by atoms with Crippen LogP contribution in [0.5, 0.6) is 0 Å². The number of nitrogens with one attached hydrogen (secondary N) is 1. The summed E-state index contributed by atoms with van der Waals surface area (Å²) in [6.45, 7) is 2.92. The van der Waals surface area contributed by atoms with Crippen molar-refractivity contribution >= 4 is 17.1 Å². The minimum atomic E-state index is -1.55. The molecular formula is C10H19N3O2S. The molecule has 2 aliphatic rings. The van der Waals surface area contributed by atoms with Crippen LogP contribution in [-0.2, 0) is 15.6 Å². The lowest BCUT2D eigenvalue weighted by atomic mass is 9.68. The van der Waals surface area contributed by atoms with E-state index in [-0.39, 0.29) is 5.41 Å². The normalized spacial score (nSPS) is 39.2. The Morgan fingerprint density at radius 2 is 2.56 bits per heavy atom. The summed E-state index contributed by atoms with van der Waals surface area (Å²) in [7, 11) is 0. The van der Waals surface area contributed by atoms with Gasteiger partial charge in [-0.2, -0.15) is 4.28 Å². The highest BCUT2D eigenvalue weighted by atomic mass is 32.2. The molecule has 0 spiro atoms. The lowest BCUT2D eigenvalue weighted by Gasteiger charge is -2.39. The SMILES string of the molecule is CC1CCCC(CN)(CC2=NS(=O)ON2)C1. The van der Waals surface area contributed by atoms with Gasteiger partial charge in [-0.05, 0) is 30.7 Å². The first-order valence-corrected chi connectivity index (χ1v) is 6.80. The number of nitrogens with zero attached hydrogens (tertiary/aromatic N) is 1. The molecule has 3 unspecified atom stereocenters. The smallest absolute Gasteiger partial charge is 0.309 e. The van der Waals surface area contributed by atoms with Gasteiger partial charge in [-0.25, -0.2) is 9.69 Å². The maximum atomic E-state index is 11.0. The lowest BCUT2D eigenvalue weighted by molar-refractivity contribution is 0.158. The van der Waals surface area contributed by atoms with Crippen LogP contribution in [-0.4, -0.2) is 16.6 Å². The Labute approximate surface area is 98.6 Å². The fraction of sp³-hybridized carbons (Fsp3) is 0.900. The van der Waals surface area contributed by atoms with Gasteiger partial charge in [-0.1, -0.05) is 19.8 Å². The van der Waals surface area contributed by atoms with E-state index in [1.807, 2.05) is 0 Å². The van der Waals surface area contributed by atoms with Gasteiger partial charge in [-0.3, -0.25) is 0 Å². The largest absolute Gasteiger partial charge is 0.330 e. The van der Waals surface area contributed by atoms with Gasteiger partial charge in [0.2, 0.25) is 0 Å². The molecule has 6 heteroatoms. The molecule has 3 atom stereocenters. The van der Waals surface area contributed by atoms with Crippen LogP contribution >= 0.6 is 0 Å². The molecule has 0 bridgehead atoms. The molecule has 0 saturated heterocycles. The average molecular weight is 245 g/mol. The Bertz CT molecular complexity index is 321. The highest BCUT2D eigenvalue weighted by Gasteiger charge is 2.36. The molecule has 1 aliphatic heterocycles. The molecule has 0 aromatic heterocycles. The predicted octanol–water partition coefficient (Wildman–Crippen LogP) is 1.04. The highest BCUT2D eigenvalue weighted by molar-refractivity contribution is 7.79. The van der Waals surface area contributed by atoms with Gasteiger partial charge in [0.25, 0.3) is 0 Å². The number of rotatable bonds is 3. The van der Waals surface area contributed by atoms with Crippen molar-refractivity contribution in [1.82, 2.24) is 5.48 Å². The predicted molar refractivity (Wildman–Crippen MR) is 63.5 cm³/mol.